The van der Waals surface area contributed by atoms with Crippen molar-refractivity contribution in [2.45, 2.75) is 30.8 Å². The van der Waals surface area contributed by atoms with Crippen molar-refractivity contribution in [3.05, 3.63) is 82.8 Å². The second-order valence-electron chi connectivity index (χ2n) is 7.52. The van der Waals surface area contributed by atoms with Crippen molar-refractivity contribution in [1.82, 2.24) is 19.7 Å². The predicted molar refractivity (Wildman–Crippen MR) is 137 cm³/mol. The summed E-state index contributed by atoms with van der Waals surface area (Å²) < 4.78 is 7.51. The fourth-order valence-electron chi connectivity index (χ4n) is 3.33. The molecule has 0 unspecified atom stereocenters. The lowest BCUT2D eigenvalue weighted by Crippen LogP contribution is -2.14. The van der Waals surface area contributed by atoms with Gasteiger partial charge in [-0.05, 0) is 31.2 Å². The van der Waals surface area contributed by atoms with Crippen molar-refractivity contribution in [3.8, 4) is 17.1 Å². The summed E-state index contributed by atoms with van der Waals surface area (Å²) in [5.41, 5.74) is 3.72. The summed E-state index contributed by atoms with van der Waals surface area (Å²) in [4.78, 5) is 17.0. The fourth-order valence-corrected chi connectivity index (χ4v) is 5.07. The van der Waals surface area contributed by atoms with Gasteiger partial charge in [-0.15, -0.1) is 28.1 Å². The minimum absolute atomic E-state index is 0.0791. The van der Waals surface area contributed by atoms with Gasteiger partial charge in [0.15, 0.2) is 11.0 Å². The van der Waals surface area contributed by atoms with Crippen molar-refractivity contribution < 1.29 is 9.53 Å². The normalized spacial score (nSPS) is 10.8. The van der Waals surface area contributed by atoms with Gasteiger partial charge in [0.2, 0.25) is 5.91 Å². The number of nitrogens with zero attached hydrogens (tertiary/aromatic N) is 4. The topological polar surface area (TPSA) is 81.9 Å². The van der Waals surface area contributed by atoms with Crippen molar-refractivity contribution in [3.63, 3.8) is 0 Å². The SMILES string of the molecule is C=CCn1c(SCc2csc(CC(=O)Nc3ccc(C)cc3)n2)nnc1-c1ccccc1OC. The van der Waals surface area contributed by atoms with Gasteiger partial charge in [0.25, 0.3) is 0 Å². The number of aromatic nitrogens is 4. The summed E-state index contributed by atoms with van der Waals surface area (Å²) in [5.74, 6) is 2.01. The molecular weight excluding hydrogens is 466 g/mol. The number of para-hydroxylation sites is 1. The Hall–Kier alpha value is -3.43. The maximum absolute atomic E-state index is 12.4. The number of thiazole rings is 1. The van der Waals surface area contributed by atoms with Gasteiger partial charge in [-0.3, -0.25) is 9.36 Å². The van der Waals surface area contributed by atoms with Gasteiger partial charge >= 0.3 is 0 Å². The van der Waals surface area contributed by atoms with Crippen LogP contribution >= 0.6 is 23.1 Å². The Kier molecular flexibility index (Phi) is 7.76. The zero-order chi connectivity index (χ0) is 23.9. The number of carbonyl (C=O) groups excluding carboxylic acids is 1. The molecule has 9 heteroatoms. The molecule has 0 bridgehead atoms. The van der Waals surface area contributed by atoms with Crippen LogP contribution in [0.25, 0.3) is 11.4 Å². The summed E-state index contributed by atoms with van der Waals surface area (Å²) in [7, 11) is 1.64. The average Bonchev–Trinajstić information content (AvgIpc) is 3.46. The van der Waals surface area contributed by atoms with Crippen LogP contribution in [0.4, 0.5) is 5.69 Å². The number of benzene rings is 2. The maximum Gasteiger partial charge on any atom is 0.231 e. The first-order chi connectivity index (χ1) is 16.6. The zero-order valence-corrected chi connectivity index (χ0v) is 20.7. The molecule has 4 rings (SSSR count). The van der Waals surface area contributed by atoms with Crippen LogP contribution in [0.15, 0.2) is 71.7 Å². The van der Waals surface area contributed by atoms with E-state index in [9.17, 15) is 4.79 Å². The molecule has 0 atom stereocenters. The Labute approximate surface area is 206 Å². The van der Waals surface area contributed by atoms with E-state index in [0.29, 0.717) is 12.3 Å². The van der Waals surface area contributed by atoms with E-state index in [-0.39, 0.29) is 12.3 Å². The van der Waals surface area contributed by atoms with Gasteiger partial charge in [-0.1, -0.05) is 47.7 Å². The van der Waals surface area contributed by atoms with E-state index < -0.39 is 0 Å². The summed E-state index contributed by atoms with van der Waals surface area (Å²) in [6, 6.07) is 15.5. The number of nitrogens with one attached hydrogen (secondary N) is 1. The van der Waals surface area contributed by atoms with Gasteiger partial charge in [0, 0.05) is 23.4 Å². The van der Waals surface area contributed by atoms with E-state index in [1.807, 2.05) is 71.5 Å². The molecule has 0 saturated heterocycles. The Balaban J connectivity index is 1.41. The minimum Gasteiger partial charge on any atom is -0.496 e. The molecule has 0 aliphatic carbocycles. The molecule has 0 fully saturated rings. The van der Waals surface area contributed by atoms with Crippen LogP contribution in [0.1, 0.15) is 16.3 Å². The molecule has 2 aromatic heterocycles. The van der Waals surface area contributed by atoms with Crippen molar-refractivity contribution in [2.24, 2.45) is 0 Å². The molecular formula is C25H25N5O2S2. The van der Waals surface area contributed by atoms with Crippen LogP contribution in [-0.4, -0.2) is 32.8 Å². The van der Waals surface area contributed by atoms with Crippen molar-refractivity contribution >= 4 is 34.7 Å². The quantitative estimate of drug-likeness (QED) is 0.237. The number of carbonyl (C=O) groups is 1. The maximum atomic E-state index is 12.4. The molecule has 0 spiro atoms. The summed E-state index contributed by atoms with van der Waals surface area (Å²) in [6.07, 6.45) is 2.06. The van der Waals surface area contributed by atoms with Crippen molar-refractivity contribution in [2.75, 3.05) is 12.4 Å². The second-order valence-corrected chi connectivity index (χ2v) is 9.40. The molecule has 2 heterocycles. The summed E-state index contributed by atoms with van der Waals surface area (Å²) >= 11 is 3.04. The Morgan fingerprint density at radius 3 is 2.76 bits per heavy atom. The molecule has 0 radical (unpaired) electrons. The molecule has 0 aliphatic rings. The molecule has 174 valence electrons. The van der Waals surface area contributed by atoms with E-state index >= 15 is 0 Å². The highest BCUT2D eigenvalue weighted by atomic mass is 32.2. The number of hydrogen-bond acceptors (Lipinski definition) is 7. The molecule has 4 aromatic rings. The molecule has 34 heavy (non-hydrogen) atoms. The highest BCUT2D eigenvalue weighted by molar-refractivity contribution is 7.98. The van der Waals surface area contributed by atoms with E-state index in [4.69, 9.17) is 4.74 Å². The Morgan fingerprint density at radius 1 is 1.21 bits per heavy atom. The number of thioether (sulfide) groups is 1. The summed E-state index contributed by atoms with van der Waals surface area (Å²) in [6.45, 7) is 6.46. The second kappa shape index (κ2) is 11.1. The van der Waals surface area contributed by atoms with Gasteiger partial charge in [-0.2, -0.15) is 0 Å². The monoisotopic (exact) mass is 491 g/mol. The average molecular weight is 492 g/mol. The summed E-state index contributed by atoms with van der Waals surface area (Å²) in [5, 5.41) is 15.3. The largest absolute Gasteiger partial charge is 0.496 e. The highest BCUT2D eigenvalue weighted by Crippen LogP contribution is 2.32. The minimum atomic E-state index is -0.0791. The first-order valence-electron chi connectivity index (χ1n) is 10.7. The molecule has 1 N–H and O–H groups in total. The number of amides is 1. The highest BCUT2D eigenvalue weighted by Gasteiger charge is 2.17. The van der Waals surface area contributed by atoms with Crippen molar-refractivity contribution in [1.29, 1.82) is 0 Å². The number of rotatable bonds is 10. The van der Waals surface area contributed by atoms with E-state index in [1.54, 1.807) is 18.9 Å². The predicted octanol–water partition coefficient (Wildman–Crippen LogP) is 5.38. The Bertz CT molecular complexity index is 1280. The fraction of sp³-hybridized carbons (Fsp3) is 0.200. The van der Waals surface area contributed by atoms with Crippen LogP contribution in [-0.2, 0) is 23.5 Å². The van der Waals surface area contributed by atoms with Crippen LogP contribution in [0.2, 0.25) is 0 Å². The third-order valence-corrected chi connectivity index (χ3v) is 6.87. The number of hydrogen-bond donors (Lipinski definition) is 1. The van der Waals surface area contributed by atoms with Gasteiger partial charge in [0.1, 0.15) is 10.8 Å². The van der Waals surface area contributed by atoms with Crippen LogP contribution in [0.3, 0.4) is 0 Å². The smallest absolute Gasteiger partial charge is 0.231 e. The van der Waals surface area contributed by atoms with Crippen LogP contribution in [0.5, 0.6) is 5.75 Å². The van der Waals surface area contributed by atoms with Crippen LogP contribution in [0, 0.1) is 6.92 Å². The van der Waals surface area contributed by atoms with Gasteiger partial charge in [-0.25, -0.2) is 4.98 Å². The number of methoxy groups -OCH3 is 1. The molecule has 7 nitrogen and oxygen atoms in total. The number of aryl methyl sites for hydroxylation is 1. The Morgan fingerprint density at radius 2 is 2.00 bits per heavy atom. The lowest BCUT2D eigenvalue weighted by atomic mass is 10.2. The van der Waals surface area contributed by atoms with E-state index in [0.717, 1.165) is 44.2 Å². The first kappa shape index (κ1) is 23.7. The molecule has 1 amide bonds. The lowest BCUT2D eigenvalue weighted by Gasteiger charge is -2.10. The molecule has 0 aliphatic heterocycles. The number of allylic oxidation sites excluding steroid dienone is 1. The standard InChI is InChI=1S/C25H25N5O2S2/c1-4-13-30-24(20-7-5-6-8-21(20)32-3)28-29-25(30)34-16-19-15-33-23(27-19)14-22(31)26-18-11-9-17(2)10-12-18/h4-12,15H,1,13-14,16H2,2-3H3,(H,26,31). The third kappa shape index (κ3) is 5.73. The lowest BCUT2D eigenvalue weighted by molar-refractivity contribution is -0.115. The first-order valence-corrected chi connectivity index (χ1v) is 12.5. The van der Waals surface area contributed by atoms with Gasteiger partial charge < -0.3 is 10.1 Å². The molecule has 2 aromatic carbocycles. The van der Waals surface area contributed by atoms with Crippen LogP contribution < -0.4 is 10.1 Å². The van der Waals surface area contributed by atoms with Gasteiger partial charge in [0.05, 0.1) is 24.8 Å². The van der Waals surface area contributed by atoms with E-state index in [2.05, 4.69) is 27.1 Å². The van der Waals surface area contributed by atoms with E-state index in [1.165, 1.54) is 11.3 Å². The molecule has 0 saturated carbocycles. The number of ether oxygens (including phenoxy) is 1. The third-order valence-electron chi connectivity index (χ3n) is 4.97. The zero-order valence-electron chi connectivity index (χ0n) is 19.0. The number of anilines is 1.